The Bertz CT molecular complexity index is 1110. The molecule has 2 nitrogen and oxygen atoms in total. The van der Waals surface area contributed by atoms with Gasteiger partial charge < -0.3 is 0 Å². The lowest BCUT2D eigenvalue weighted by atomic mass is 9.64. The van der Waals surface area contributed by atoms with E-state index in [0.29, 0.717) is 12.0 Å². The van der Waals surface area contributed by atoms with Crippen LogP contribution in [-0.4, -0.2) is 42.2 Å². The van der Waals surface area contributed by atoms with Crippen LogP contribution in [0.5, 0.6) is 0 Å². The van der Waals surface area contributed by atoms with Gasteiger partial charge in [-0.1, -0.05) is 84.8 Å². The van der Waals surface area contributed by atoms with Crippen LogP contribution in [0.4, 0.5) is 13.2 Å². The normalized spacial score (nSPS) is 18.7. The Morgan fingerprint density at radius 1 is 0.757 bits per heavy atom. The summed E-state index contributed by atoms with van der Waals surface area (Å²) in [5.74, 6) is 0. The van der Waals surface area contributed by atoms with E-state index in [2.05, 4.69) is 46.2 Å². The maximum atomic E-state index is 13.7. The van der Waals surface area contributed by atoms with E-state index in [-0.39, 0.29) is 43.7 Å². The number of halogens is 6. The van der Waals surface area contributed by atoms with Crippen molar-refractivity contribution in [3.05, 3.63) is 106 Å². The van der Waals surface area contributed by atoms with E-state index in [1.807, 2.05) is 30.3 Å². The molecule has 5 rings (SSSR count). The standard InChI is InChI=1S/C29H30ClF3N2.2ClH/c30-26-13-9-24(10-14-26)27(23-5-2-1-3-6-23)35-19-17-34(18-20-35)21-22-7-11-25(12-8-22)28(15-4-16-28)29(31,32)33;;/h1-3,5-14,27H,4,15-21H2;2*1H. The summed E-state index contributed by atoms with van der Waals surface area (Å²) in [7, 11) is 0. The van der Waals surface area contributed by atoms with Crippen molar-refractivity contribution in [2.75, 3.05) is 26.2 Å². The first-order valence-corrected chi connectivity index (χ1v) is 12.7. The van der Waals surface area contributed by atoms with Crippen molar-refractivity contribution >= 4 is 36.4 Å². The zero-order valence-corrected chi connectivity index (χ0v) is 22.9. The molecule has 2 fully saturated rings. The van der Waals surface area contributed by atoms with Gasteiger partial charge in [-0.15, -0.1) is 24.8 Å². The van der Waals surface area contributed by atoms with Gasteiger partial charge in [-0.25, -0.2) is 0 Å². The molecule has 1 aliphatic heterocycles. The van der Waals surface area contributed by atoms with Crippen molar-refractivity contribution in [3.63, 3.8) is 0 Å². The summed E-state index contributed by atoms with van der Waals surface area (Å²) in [6.07, 6.45) is -3.13. The summed E-state index contributed by atoms with van der Waals surface area (Å²) in [6, 6.07) is 25.9. The van der Waals surface area contributed by atoms with Gasteiger partial charge >= 0.3 is 6.18 Å². The fourth-order valence-electron chi connectivity index (χ4n) is 5.53. The Morgan fingerprint density at radius 3 is 1.84 bits per heavy atom. The van der Waals surface area contributed by atoms with E-state index >= 15 is 0 Å². The number of rotatable bonds is 6. The second kappa shape index (κ2) is 12.4. The smallest absolute Gasteiger partial charge is 0.297 e. The van der Waals surface area contributed by atoms with Gasteiger partial charge in [-0.2, -0.15) is 13.2 Å². The van der Waals surface area contributed by atoms with E-state index in [0.717, 1.165) is 43.3 Å². The van der Waals surface area contributed by atoms with Crippen molar-refractivity contribution in [2.45, 2.75) is 43.4 Å². The minimum atomic E-state index is -4.18. The summed E-state index contributed by atoms with van der Waals surface area (Å²) in [5, 5.41) is 0.731. The molecule has 0 aromatic heterocycles. The van der Waals surface area contributed by atoms with Crippen molar-refractivity contribution in [1.82, 2.24) is 9.80 Å². The molecule has 1 saturated heterocycles. The summed E-state index contributed by atoms with van der Waals surface area (Å²) >= 11 is 6.14. The van der Waals surface area contributed by atoms with Crippen LogP contribution in [0.15, 0.2) is 78.9 Å². The van der Waals surface area contributed by atoms with Crippen LogP contribution in [-0.2, 0) is 12.0 Å². The minimum absolute atomic E-state index is 0. The van der Waals surface area contributed by atoms with Gasteiger partial charge in [-0.3, -0.25) is 9.80 Å². The lowest BCUT2D eigenvalue weighted by Crippen LogP contribution is -2.48. The van der Waals surface area contributed by atoms with Gasteiger partial charge in [0.25, 0.3) is 0 Å². The van der Waals surface area contributed by atoms with Crippen molar-refractivity contribution < 1.29 is 13.2 Å². The van der Waals surface area contributed by atoms with Gasteiger partial charge in [0.1, 0.15) is 0 Å². The average molecular weight is 572 g/mol. The van der Waals surface area contributed by atoms with Crippen molar-refractivity contribution in [3.8, 4) is 0 Å². The van der Waals surface area contributed by atoms with Crippen LogP contribution in [0.25, 0.3) is 0 Å². The second-order valence-corrected chi connectivity index (χ2v) is 10.2. The Hall–Kier alpha value is -1.76. The molecule has 3 aromatic rings. The second-order valence-electron chi connectivity index (χ2n) is 9.81. The average Bonchev–Trinajstić information content (AvgIpc) is 2.82. The minimum Gasteiger partial charge on any atom is -0.297 e. The molecule has 3 aromatic carbocycles. The molecule has 1 atom stereocenters. The van der Waals surface area contributed by atoms with Gasteiger partial charge in [-0.05, 0) is 47.2 Å². The highest BCUT2D eigenvalue weighted by Crippen LogP contribution is 2.54. The van der Waals surface area contributed by atoms with Gasteiger partial charge in [0, 0.05) is 37.7 Å². The van der Waals surface area contributed by atoms with Crippen LogP contribution in [0, 0.1) is 0 Å². The van der Waals surface area contributed by atoms with Gasteiger partial charge in [0.05, 0.1) is 11.5 Å². The van der Waals surface area contributed by atoms with E-state index in [1.54, 1.807) is 12.1 Å². The first-order chi connectivity index (χ1) is 16.9. The SMILES string of the molecule is Cl.Cl.FC(F)(F)C1(c2ccc(CN3CCN(C(c4ccccc4)c4ccc(Cl)cc4)CC3)cc2)CCC1. The molecule has 0 N–H and O–H groups in total. The Kier molecular flexibility index (Phi) is 9.98. The largest absolute Gasteiger partial charge is 0.398 e. The molecular weight excluding hydrogens is 540 g/mol. The molecule has 0 bridgehead atoms. The summed E-state index contributed by atoms with van der Waals surface area (Å²) in [4.78, 5) is 4.89. The number of hydrogen-bond acceptors (Lipinski definition) is 2. The quantitative estimate of drug-likeness (QED) is 0.295. The molecule has 1 unspecified atom stereocenters. The van der Waals surface area contributed by atoms with Gasteiger partial charge in [0.2, 0.25) is 0 Å². The number of nitrogens with zero attached hydrogens (tertiary/aromatic N) is 2. The Morgan fingerprint density at radius 2 is 1.32 bits per heavy atom. The zero-order valence-electron chi connectivity index (χ0n) is 20.5. The third-order valence-corrected chi connectivity index (χ3v) is 7.99. The fraction of sp³-hybridized carbons (Fsp3) is 0.379. The first kappa shape index (κ1) is 29.8. The highest BCUT2D eigenvalue weighted by atomic mass is 35.5. The lowest BCUT2D eigenvalue weighted by Gasteiger charge is -2.43. The fourth-order valence-corrected chi connectivity index (χ4v) is 5.65. The van der Waals surface area contributed by atoms with Crippen LogP contribution in [0.1, 0.15) is 47.6 Å². The van der Waals surface area contributed by atoms with E-state index in [1.165, 1.54) is 11.1 Å². The lowest BCUT2D eigenvalue weighted by molar-refractivity contribution is -0.212. The topological polar surface area (TPSA) is 6.48 Å². The number of piperazine rings is 1. The molecule has 2 aliphatic rings. The van der Waals surface area contributed by atoms with Crippen LogP contribution >= 0.6 is 36.4 Å². The number of alkyl halides is 3. The summed E-state index contributed by atoms with van der Waals surface area (Å²) in [5.41, 5.74) is 2.33. The molecule has 1 aliphatic carbocycles. The highest BCUT2D eigenvalue weighted by Gasteiger charge is 2.59. The third-order valence-electron chi connectivity index (χ3n) is 7.74. The first-order valence-electron chi connectivity index (χ1n) is 12.3. The Balaban J connectivity index is 0.00000190. The van der Waals surface area contributed by atoms with E-state index < -0.39 is 11.6 Å². The molecule has 1 heterocycles. The molecule has 37 heavy (non-hydrogen) atoms. The molecule has 0 amide bonds. The van der Waals surface area contributed by atoms with Crippen molar-refractivity contribution in [2.24, 2.45) is 0 Å². The van der Waals surface area contributed by atoms with Crippen LogP contribution in [0.3, 0.4) is 0 Å². The molecule has 200 valence electrons. The van der Waals surface area contributed by atoms with E-state index in [9.17, 15) is 13.2 Å². The Labute approximate surface area is 234 Å². The molecule has 1 saturated carbocycles. The number of hydrogen-bond donors (Lipinski definition) is 0. The molecule has 0 radical (unpaired) electrons. The summed E-state index contributed by atoms with van der Waals surface area (Å²) in [6.45, 7) is 4.40. The van der Waals surface area contributed by atoms with Crippen LogP contribution < -0.4 is 0 Å². The maximum Gasteiger partial charge on any atom is 0.398 e. The zero-order chi connectivity index (χ0) is 24.5. The molecular formula is C29H32Cl3F3N2. The predicted octanol–water partition coefficient (Wildman–Crippen LogP) is 8.07. The van der Waals surface area contributed by atoms with Gasteiger partial charge in [0.15, 0.2) is 0 Å². The molecule has 8 heteroatoms. The monoisotopic (exact) mass is 570 g/mol. The maximum absolute atomic E-state index is 13.7. The van der Waals surface area contributed by atoms with Crippen LogP contribution in [0.2, 0.25) is 5.02 Å². The van der Waals surface area contributed by atoms with Crippen molar-refractivity contribution in [1.29, 1.82) is 0 Å². The highest BCUT2D eigenvalue weighted by molar-refractivity contribution is 6.30. The van der Waals surface area contributed by atoms with E-state index in [4.69, 9.17) is 11.6 Å². The third kappa shape index (κ3) is 6.29. The molecule has 0 spiro atoms. The summed E-state index contributed by atoms with van der Waals surface area (Å²) < 4.78 is 41.0. The number of benzene rings is 3. The predicted molar refractivity (Wildman–Crippen MR) is 149 cm³/mol.